The third-order valence-electron chi connectivity index (χ3n) is 29.3. The van der Waals surface area contributed by atoms with Crippen LogP contribution in [0.15, 0.2) is 535 Å². The second kappa shape index (κ2) is 34.8. The highest BCUT2D eigenvalue weighted by Gasteiger charge is 2.27. The molecule has 0 saturated carbocycles. The van der Waals surface area contributed by atoms with Crippen LogP contribution in [0, 0.1) is 0 Å². The van der Waals surface area contributed by atoms with Gasteiger partial charge >= 0.3 is 0 Å². The number of furan rings is 3. The van der Waals surface area contributed by atoms with Gasteiger partial charge in [-0.25, -0.2) is 0 Å². The first-order chi connectivity index (χ1) is 73.5. The molecule has 4 heterocycles. The lowest BCUT2D eigenvalue weighted by molar-refractivity contribution is 0.668. The molecule has 0 saturated heterocycles. The molecule has 26 aromatic carbocycles. The van der Waals surface area contributed by atoms with Crippen molar-refractivity contribution in [1.82, 2.24) is 0 Å². The van der Waals surface area contributed by atoms with E-state index in [1.54, 1.807) is 0 Å². The fourth-order valence-electron chi connectivity index (χ4n) is 22.8. The Kier molecular flexibility index (Phi) is 18.9. The zero-order chi connectivity index (χ0) is 99.2. The maximum Gasteiger partial charge on any atom is 0.143 e. The van der Waals surface area contributed by atoms with E-state index >= 15 is 0 Å². The number of benzene rings is 26. The van der Waals surface area contributed by atoms with Gasteiger partial charge in [0.15, 0.2) is 0 Å². The average Bonchev–Trinajstić information content (AvgIpc) is 1.52. The standard InChI is InChI=1S/C54H34O.C44H26OS.C42H26O/c1-3-15-35(16-4-1)37-19-13-20-39(33-37)52-45-24-9-10-25-46(45)53(49-27-14-26-48-44-23-11-12-28-51(44)55-54(48)49)50-34-38(29-30-47(50)52)41-32-31-40(36-17-5-2-6-18-36)42-21-7-8-22-43(41)42;1-2-10-27(11-3-1)28-18-22-36-38(24-28)44(30-19-21-32-31-12-6-8-16-39(31)45-40(32)26-30)35-15-5-4-14-34(35)43(36)29-20-23-42-37(25-29)33-13-7-9-17-41(33)46-42;1-2-12-28(13-3-1)41-35-17-6-7-18-36(35)42(30-22-23-34-33-16-8-9-20-39(33)43-40(34)26-30)38-25-29(21-24-37(38)41)32-19-10-14-27-11-4-5-15-31(27)32/h1-34H;1-26H;1-26H/i;;1D,2D,3D,12D,13D. The quantitative estimate of drug-likeness (QED) is 0.121. The Morgan fingerprint density at radius 2 is 0.458 bits per heavy atom. The molecule has 3 nitrogen and oxygen atoms in total. The zero-order valence-electron chi connectivity index (χ0n) is 82.9. The highest BCUT2D eigenvalue weighted by atomic mass is 32.1. The Hall–Kier alpha value is -18.6. The normalized spacial score (nSPS) is 12.2. The second-order valence-corrected chi connectivity index (χ2v) is 38.4. The number of thiophene rings is 1. The highest BCUT2D eigenvalue weighted by Crippen LogP contribution is 2.54. The number of hydrogen-bond donors (Lipinski definition) is 0. The molecule has 670 valence electrons. The van der Waals surface area contributed by atoms with Gasteiger partial charge in [0.1, 0.15) is 33.5 Å². The Balaban J connectivity index is 0.000000108. The van der Waals surface area contributed by atoms with Crippen LogP contribution in [-0.2, 0) is 0 Å². The van der Waals surface area contributed by atoms with Gasteiger partial charge in [-0.15, -0.1) is 11.3 Å². The number of hydrogen-bond acceptors (Lipinski definition) is 4. The van der Waals surface area contributed by atoms with Crippen molar-refractivity contribution in [2.24, 2.45) is 0 Å². The molecule has 30 aromatic rings. The van der Waals surface area contributed by atoms with E-state index < -0.39 is 6.04 Å². The van der Waals surface area contributed by atoms with Crippen LogP contribution in [0.25, 0.3) is 295 Å². The van der Waals surface area contributed by atoms with Crippen LogP contribution < -0.4 is 0 Å². The lowest BCUT2D eigenvalue weighted by Crippen LogP contribution is -1.93. The molecule has 0 unspecified atom stereocenters. The minimum Gasteiger partial charge on any atom is -0.456 e. The topological polar surface area (TPSA) is 39.4 Å². The van der Waals surface area contributed by atoms with Crippen molar-refractivity contribution in [1.29, 1.82) is 0 Å². The lowest BCUT2D eigenvalue weighted by atomic mass is 9.83. The van der Waals surface area contributed by atoms with Gasteiger partial charge in [-0.1, -0.05) is 437 Å². The number of rotatable bonds is 11. The molecule has 0 aliphatic heterocycles. The predicted molar refractivity (Wildman–Crippen MR) is 614 cm³/mol. The predicted octanol–water partition coefficient (Wildman–Crippen LogP) is 40.7. The first kappa shape index (κ1) is 78.3. The summed E-state index contributed by atoms with van der Waals surface area (Å²) in [5.74, 6) is 0. The van der Waals surface area contributed by atoms with Crippen molar-refractivity contribution in [2.75, 3.05) is 0 Å². The first-order valence-electron chi connectivity index (χ1n) is 51.5. The Bertz CT molecular complexity index is 10700. The van der Waals surface area contributed by atoms with Gasteiger partial charge in [0.2, 0.25) is 0 Å². The molecule has 0 spiro atoms. The molecular weight excluding hydrogens is 1760 g/mol. The van der Waals surface area contributed by atoms with Gasteiger partial charge in [-0.3, -0.25) is 0 Å². The van der Waals surface area contributed by atoms with Gasteiger partial charge < -0.3 is 13.3 Å². The van der Waals surface area contributed by atoms with E-state index in [0.29, 0.717) is 5.56 Å². The van der Waals surface area contributed by atoms with Crippen molar-refractivity contribution in [3.8, 4) is 122 Å². The van der Waals surface area contributed by atoms with E-state index in [0.717, 1.165) is 132 Å². The van der Waals surface area contributed by atoms with E-state index in [-0.39, 0.29) is 29.7 Å². The van der Waals surface area contributed by atoms with Crippen molar-refractivity contribution in [3.63, 3.8) is 0 Å². The van der Waals surface area contributed by atoms with E-state index in [1.165, 1.54) is 152 Å². The van der Waals surface area contributed by atoms with Crippen LogP contribution in [0.2, 0.25) is 0 Å². The average molecular weight is 1850 g/mol. The maximum absolute atomic E-state index is 8.97. The van der Waals surface area contributed by atoms with Crippen LogP contribution in [0.5, 0.6) is 0 Å². The van der Waals surface area contributed by atoms with Crippen LogP contribution in [0.4, 0.5) is 0 Å². The Morgan fingerprint density at radius 1 is 0.146 bits per heavy atom. The van der Waals surface area contributed by atoms with Gasteiger partial charge in [0.25, 0.3) is 0 Å². The largest absolute Gasteiger partial charge is 0.456 e. The summed E-state index contributed by atoms with van der Waals surface area (Å²) in [6, 6.07) is 174. The zero-order valence-corrected chi connectivity index (χ0v) is 78.7. The molecule has 0 aliphatic rings. The molecule has 0 amide bonds. The minimum atomic E-state index is -0.406. The summed E-state index contributed by atoms with van der Waals surface area (Å²) in [6.45, 7) is 0. The number of fused-ring (bicyclic) bond motifs is 20. The lowest BCUT2D eigenvalue weighted by Gasteiger charge is -2.20. The summed E-state index contributed by atoms with van der Waals surface area (Å²) < 4.78 is 65.3. The van der Waals surface area contributed by atoms with Gasteiger partial charge in [0, 0.05) is 63.6 Å². The van der Waals surface area contributed by atoms with Crippen molar-refractivity contribution in [2.45, 2.75) is 0 Å². The fraction of sp³-hybridized carbons (Fsp3) is 0. The molecule has 0 atom stereocenters. The second-order valence-electron chi connectivity index (χ2n) is 37.3. The summed E-state index contributed by atoms with van der Waals surface area (Å²) >= 11 is 1.87. The molecule has 0 aliphatic carbocycles. The SMILES string of the molecule is [2H]c1c([2H])c([2H])c(-c2c3ccccc3c(-c3ccc4c(c3)oc3ccccc34)c3cc(-c4cccc5ccccc45)ccc23)c([2H])c1[2H].c1ccc(-c2ccc3c(-c4ccc5sc6ccccc6c5c4)c4ccccc4c(-c4ccc5c(c4)oc4ccccc45)c3c2)cc1.c1ccc(-c2cccc(-c3c4ccccc4c(-c4cccc5c4oc4ccccc45)c4cc(-c5ccc(-c6ccccc6)c6ccccc56)ccc34)c2)cc1. The van der Waals surface area contributed by atoms with E-state index in [2.05, 4.69) is 419 Å². The molecule has 4 heteroatoms. The van der Waals surface area contributed by atoms with Gasteiger partial charge in [0.05, 0.1) is 6.85 Å². The fourth-order valence-corrected chi connectivity index (χ4v) is 23.9. The molecule has 30 rings (SSSR count). The molecule has 0 radical (unpaired) electrons. The van der Waals surface area contributed by atoms with Gasteiger partial charge in [-0.2, -0.15) is 0 Å². The monoisotopic (exact) mass is 1850 g/mol. The van der Waals surface area contributed by atoms with Crippen molar-refractivity contribution >= 4 is 184 Å². The molecular formula is C140H86O3S. The molecule has 0 N–H and O–H groups in total. The smallest absolute Gasteiger partial charge is 0.143 e. The van der Waals surface area contributed by atoms with E-state index in [4.69, 9.17) is 20.1 Å². The molecule has 144 heavy (non-hydrogen) atoms. The summed E-state index contributed by atoms with van der Waals surface area (Å²) in [5.41, 5.74) is 29.4. The van der Waals surface area contributed by atoms with Crippen molar-refractivity contribution < 1.29 is 20.1 Å². The van der Waals surface area contributed by atoms with E-state index in [1.807, 2.05) is 84.1 Å². The van der Waals surface area contributed by atoms with E-state index in [9.17, 15) is 0 Å². The summed E-state index contributed by atoms with van der Waals surface area (Å²) in [7, 11) is 0. The van der Waals surface area contributed by atoms with Crippen molar-refractivity contribution in [3.05, 3.63) is 522 Å². The number of para-hydroxylation sites is 4. The minimum absolute atomic E-state index is 0.194. The van der Waals surface area contributed by atoms with Crippen LogP contribution in [-0.4, -0.2) is 0 Å². The Labute approximate surface area is 841 Å². The maximum atomic E-state index is 8.97. The summed E-state index contributed by atoms with van der Waals surface area (Å²) in [6.07, 6.45) is 0. The Morgan fingerprint density at radius 3 is 1.02 bits per heavy atom. The van der Waals surface area contributed by atoms with Crippen LogP contribution in [0.3, 0.4) is 0 Å². The molecule has 0 fully saturated rings. The third kappa shape index (κ3) is 14.2. The van der Waals surface area contributed by atoms with Crippen LogP contribution in [0.1, 0.15) is 6.85 Å². The third-order valence-corrected chi connectivity index (χ3v) is 30.4. The van der Waals surface area contributed by atoms with Gasteiger partial charge in [-0.05, 0) is 282 Å². The van der Waals surface area contributed by atoms with Crippen LogP contribution >= 0.6 is 11.3 Å². The molecule has 4 aromatic heterocycles. The first-order valence-corrected chi connectivity index (χ1v) is 49.8. The highest BCUT2D eigenvalue weighted by molar-refractivity contribution is 7.25. The summed E-state index contributed by atoms with van der Waals surface area (Å²) in [4.78, 5) is 0. The summed E-state index contributed by atoms with van der Waals surface area (Å²) in [5, 5.41) is 27.3. The molecule has 0 bridgehead atoms.